The standard InChI is InChI=1S/C18H15ClFN/c19-12-5-1-4-11(10-12)17-14-7-2-6-13(14)15-8-3-9-16(20)18(15)21-17/h1-6,8-10,13-14,17,21H,7H2. The molecule has 0 aromatic heterocycles. The van der Waals surface area contributed by atoms with Gasteiger partial charge < -0.3 is 5.32 Å². The molecule has 2 aromatic rings. The summed E-state index contributed by atoms with van der Waals surface area (Å²) in [5.41, 5.74) is 2.82. The lowest BCUT2D eigenvalue weighted by atomic mass is 9.77. The summed E-state index contributed by atoms with van der Waals surface area (Å²) < 4.78 is 14.2. The molecule has 4 rings (SSSR count). The van der Waals surface area contributed by atoms with Gasteiger partial charge in [0.15, 0.2) is 0 Å². The molecule has 106 valence electrons. The van der Waals surface area contributed by atoms with E-state index in [2.05, 4.69) is 23.5 Å². The highest BCUT2D eigenvalue weighted by molar-refractivity contribution is 6.30. The van der Waals surface area contributed by atoms with Gasteiger partial charge >= 0.3 is 0 Å². The lowest BCUT2D eigenvalue weighted by molar-refractivity contribution is 0.421. The summed E-state index contributed by atoms with van der Waals surface area (Å²) in [4.78, 5) is 0. The fourth-order valence-corrected chi connectivity index (χ4v) is 3.81. The second-order valence-corrected chi connectivity index (χ2v) is 6.17. The highest BCUT2D eigenvalue weighted by atomic mass is 35.5. The topological polar surface area (TPSA) is 12.0 Å². The van der Waals surface area contributed by atoms with Gasteiger partial charge in [-0.25, -0.2) is 4.39 Å². The monoisotopic (exact) mass is 299 g/mol. The minimum Gasteiger partial charge on any atom is -0.375 e. The van der Waals surface area contributed by atoms with Crippen LogP contribution in [0.4, 0.5) is 10.1 Å². The summed E-state index contributed by atoms with van der Waals surface area (Å²) in [5.74, 6) is 0.511. The molecule has 0 spiro atoms. The van der Waals surface area contributed by atoms with Crippen molar-refractivity contribution in [1.82, 2.24) is 0 Å². The van der Waals surface area contributed by atoms with E-state index in [0.29, 0.717) is 11.6 Å². The second-order valence-electron chi connectivity index (χ2n) is 5.73. The van der Waals surface area contributed by atoms with Crippen molar-refractivity contribution in [3.8, 4) is 0 Å². The smallest absolute Gasteiger partial charge is 0.146 e. The Morgan fingerprint density at radius 2 is 2.00 bits per heavy atom. The molecular weight excluding hydrogens is 285 g/mol. The summed E-state index contributed by atoms with van der Waals surface area (Å²) in [6, 6.07) is 13.3. The maximum atomic E-state index is 14.2. The van der Waals surface area contributed by atoms with E-state index in [9.17, 15) is 4.39 Å². The van der Waals surface area contributed by atoms with E-state index in [1.807, 2.05) is 24.3 Å². The van der Waals surface area contributed by atoms with Gasteiger partial charge in [0.25, 0.3) is 0 Å². The molecule has 0 amide bonds. The first-order chi connectivity index (χ1) is 10.2. The number of para-hydroxylation sites is 1. The molecule has 1 nitrogen and oxygen atoms in total. The number of rotatable bonds is 1. The van der Waals surface area contributed by atoms with Crippen LogP contribution >= 0.6 is 11.6 Å². The third kappa shape index (κ3) is 2.06. The normalized spacial score (nSPS) is 26.1. The van der Waals surface area contributed by atoms with E-state index in [-0.39, 0.29) is 17.8 Å². The molecule has 0 saturated carbocycles. The Balaban J connectivity index is 1.83. The van der Waals surface area contributed by atoms with Gasteiger partial charge in [-0.3, -0.25) is 0 Å². The van der Waals surface area contributed by atoms with Crippen LogP contribution in [0.5, 0.6) is 0 Å². The van der Waals surface area contributed by atoms with Gasteiger partial charge in [-0.05, 0) is 41.7 Å². The molecule has 0 saturated heterocycles. The van der Waals surface area contributed by atoms with Crippen molar-refractivity contribution < 1.29 is 4.39 Å². The summed E-state index contributed by atoms with van der Waals surface area (Å²) in [7, 11) is 0. The van der Waals surface area contributed by atoms with Crippen molar-refractivity contribution in [3.05, 3.63) is 76.6 Å². The molecule has 1 aliphatic heterocycles. The average Bonchev–Trinajstić information content (AvgIpc) is 2.96. The zero-order valence-electron chi connectivity index (χ0n) is 11.4. The van der Waals surface area contributed by atoms with Crippen LogP contribution in [0.15, 0.2) is 54.6 Å². The number of hydrogen-bond acceptors (Lipinski definition) is 1. The van der Waals surface area contributed by atoms with Gasteiger partial charge in [-0.1, -0.05) is 48.0 Å². The predicted octanol–water partition coefficient (Wildman–Crippen LogP) is 5.31. The van der Waals surface area contributed by atoms with Gasteiger partial charge in [0.1, 0.15) is 5.82 Å². The maximum Gasteiger partial charge on any atom is 0.146 e. The molecule has 1 aliphatic carbocycles. The minimum absolute atomic E-state index is 0.0908. The van der Waals surface area contributed by atoms with E-state index in [1.165, 1.54) is 6.07 Å². The zero-order chi connectivity index (χ0) is 14.4. The number of anilines is 1. The Labute approximate surface area is 128 Å². The van der Waals surface area contributed by atoms with Crippen molar-refractivity contribution in [3.63, 3.8) is 0 Å². The van der Waals surface area contributed by atoms with Crippen molar-refractivity contribution in [2.24, 2.45) is 5.92 Å². The van der Waals surface area contributed by atoms with E-state index >= 15 is 0 Å². The molecule has 3 unspecified atom stereocenters. The molecule has 2 aliphatic rings. The third-order valence-corrected chi connectivity index (χ3v) is 4.79. The molecule has 21 heavy (non-hydrogen) atoms. The molecule has 2 aromatic carbocycles. The second kappa shape index (κ2) is 4.88. The van der Waals surface area contributed by atoms with Crippen LogP contribution in [0.25, 0.3) is 0 Å². The van der Waals surface area contributed by atoms with Crippen LogP contribution in [0.1, 0.15) is 29.5 Å². The van der Waals surface area contributed by atoms with Gasteiger partial charge in [-0.15, -0.1) is 0 Å². The lowest BCUT2D eigenvalue weighted by Crippen LogP contribution is -2.29. The maximum absolute atomic E-state index is 14.2. The fraction of sp³-hybridized carbons (Fsp3) is 0.222. The molecule has 3 atom stereocenters. The van der Waals surface area contributed by atoms with Crippen LogP contribution < -0.4 is 5.32 Å². The Kier molecular flexibility index (Phi) is 3.00. The molecule has 1 N–H and O–H groups in total. The van der Waals surface area contributed by atoms with E-state index in [1.54, 1.807) is 6.07 Å². The zero-order valence-corrected chi connectivity index (χ0v) is 12.1. The van der Waals surface area contributed by atoms with Gasteiger partial charge in [0.2, 0.25) is 0 Å². The Bertz CT molecular complexity index is 725. The number of allylic oxidation sites excluding steroid dienone is 2. The number of benzene rings is 2. The van der Waals surface area contributed by atoms with E-state index < -0.39 is 0 Å². The Hall–Kier alpha value is -1.80. The summed E-state index contributed by atoms with van der Waals surface area (Å²) in [6.07, 6.45) is 5.42. The van der Waals surface area contributed by atoms with Crippen LogP contribution in [0.3, 0.4) is 0 Å². The van der Waals surface area contributed by atoms with Crippen LogP contribution in [-0.4, -0.2) is 0 Å². The first-order valence-corrected chi connectivity index (χ1v) is 7.59. The largest absolute Gasteiger partial charge is 0.375 e. The quantitative estimate of drug-likeness (QED) is 0.704. The predicted molar refractivity (Wildman–Crippen MR) is 84.2 cm³/mol. The van der Waals surface area contributed by atoms with Gasteiger partial charge in [0.05, 0.1) is 11.7 Å². The average molecular weight is 300 g/mol. The molecule has 1 heterocycles. The van der Waals surface area contributed by atoms with Crippen molar-refractivity contribution >= 4 is 17.3 Å². The molecule has 0 radical (unpaired) electrons. The van der Waals surface area contributed by atoms with Crippen molar-refractivity contribution in [1.29, 1.82) is 0 Å². The van der Waals surface area contributed by atoms with E-state index in [0.717, 1.165) is 22.6 Å². The number of hydrogen-bond donors (Lipinski definition) is 1. The summed E-state index contributed by atoms with van der Waals surface area (Å²) in [5, 5.41) is 4.13. The highest BCUT2D eigenvalue weighted by Crippen LogP contribution is 2.50. The number of nitrogens with one attached hydrogen (secondary N) is 1. The van der Waals surface area contributed by atoms with Crippen molar-refractivity contribution in [2.75, 3.05) is 5.32 Å². The van der Waals surface area contributed by atoms with Crippen LogP contribution in [0.2, 0.25) is 5.02 Å². The molecule has 0 fully saturated rings. The SMILES string of the molecule is Fc1cccc2c1NC(c1cccc(Cl)c1)C1CC=CC21. The Morgan fingerprint density at radius 1 is 1.14 bits per heavy atom. The summed E-state index contributed by atoms with van der Waals surface area (Å²) >= 11 is 6.12. The highest BCUT2D eigenvalue weighted by Gasteiger charge is 2.38. The van der Waals surface area contributed by atoms with Crippen LogP contribution in [-0.2, 0) is 0 Å². The summed E-state index contributed by atoms with van der Waals surface area (Å²) in [6.45, 7) is 0. The number of fused-ring (bicyclic) bond motifs is 3. The number of halogens is 2. The Morgan fingerprint density at radius 3 is 2.86 bits per heavy atom. The molecular formula is C18H15ClFN. The van der Waals surface area contributed by atoms with Gasteiger partial charge in [0, 0.05) is 10.9 Å². The van der Waals surface area contributed by atoms with E-state index in [4.69, 9.17) is 11.6 Å². The third-order valence-electron chi connectivity index (χ3n) is 4.55. The first kappa shape index (κ1) is 12.9. The molecule has 0 bridgehead atoms. The van der Waals surface area contributed by atoms with Crippen LogP contribution in [0, 0.1) is 11.7 Å². The fourth-order valence-electron chi connectivity index (χ4n) is 3.61. The van der Waals surface area contributed by atoms with Crippen molar-refractivity contribution in [2.45, 2.75) is 18.4 Å². The van der Waals surface area contributed by atoms with Gasteiger partial charge in [-0.2, -0.15) is 0 Å². The first-order valence-electron chi connectivity index (χ1n) is 7.21. The lowest BCUT2D eigenvalue weighted by Gasteiger charge is -2.37. The minimum atomic E-state index is -0.182. The molecule has 3 heteroatoms.